The predicted octanol–water partition coefficient (Wildman–Crippen LogP) is 2.69. The van der Waals surface area contributed by atoms with Crippen LogP contribution in [0.4, 0.5) is 0 Å². The van der Waals surface area contributed by atoms with Crippen molar-refractivity contribution in [2.75, 3.05) is 0 Å². The van der Waals surface area contributed by atoms with Crippen molar-refractivity contribution in [2.24, 2.45) is 0 Å². The number of thiophene rings is 1. The predicted molar refractivity (Wildman–Crippen MR) is 71.1 cm³/mol. The fraction of sp³-hybridized carbons (Fsp3) is 0.0769. The van der Waals surface area contributed by atoms with Gasteiger partial charge in [-0.25, -0.2) is 0 Å². The lowest BCUT2D eigenvalue weighted by Crippen LogP contribution is -1.82. The Bertz CT molecular complexity index is 646. The van der Waals surface area contributed by atoms with Crippen molar-refractivity contribution < 1.29 is 5.11 Å². The Morgan fingerprint density at radius 3 is 2.94 bits per heavy atom. The average molecular weight is 257 g/mol. The summed E-state index contributed by atoms with van der Waals surface area (Å²) in [6.45, 7) is 0.0636. The van der Waals surface area contributed by atoms with E-state index in [0.717, 1.165) is 27.3 Å². The molecule has 0 unspecified atom stereocenters. The van der Waals surface area contributed by atoms with Gasteiger partial charge in [0.25, 0.3) is 0 Å². The highest BCUT2D eigenvalue weighted by Crippen LogP contribution is 2.31. The lowest BCUT2D eigenvalue weighted by atomic mass is 10.1. The van der Waals surface area contributed by atoms with Gasteiger partial charge < -0.3 is 5.11 Å². The van der Waals surface area contributed by atoms with E-state index in [2.05, 4.69) is 26.9 Å². The quantitative estimate of drug-likeness (QED) is 0.758. The molecule has 0 saturated carbocycles. The van der Waals surface area contributed by atoms with Crippen LogP contribution < -0.4 is 0 Å². The molecule has 3 rings (SSSR count). The van der Waals surface area contributed by atoms with Crippen LogP contribution in [0.1, 0.15) is 5.56 Å². The Morgan fingerprint density at radius 1 is 1.22 bits per heavy atom. The van der Waals surface area contributed by atoms with E-state index in [-0.39, 0.29) is 6.61 Å². The molecule has 0 spiro atoms. The third kappa shape index (κ3) is 2.05. The normalized spacial score (nSPS) is 10.7. The summed E-state index contributed by atoms with van der Waals surface area (Å²) < 4.78 is 0. The number of nitrogens with one attached hydrogen (secondary N) is 1. The number of aromatic nitrogens is 3. The minimum atomic E-state index is 0.0636. The molecule has 0 aliphatic heterocycles. The van der Waals surface area contributed by atoms with Crippen molar-refractivity contribution in [3.8, 4) is 21.7 Å². The van der Waals surface area contributed by atoms with E-state index >= 15 is 0 Å². The van der Waals surface area contributed by atoms with Gasteiger partial charge in [0.15, 0.2) is 0 Å². The largest absolute Gasteiger partial charge is 0.392 e. The number of nitrogens with zero attached hydrogens (tertiary/aromatic N) is 2. The first-order chi connectivity index (χ1) is 8.86. The van der Waals surface area contributed by atoms with Crippen LogP contribution in [-0.4, -0.2) is 20.5 Å². The first-order valence-corrected chi connectivity index (χ1v) is 6.39. The first-order valence-electron chi connectivity index (χ1n) is 5.51. The number of aromatic amines is 1. The van der Waals surface area contributed by atoms with Crippen molar-refractivity contribution in [1.82, 2.24) is 15.4 Å². The Balaban J connectivity index is 1.97. The van der Waals surface area contributed by atoms with Crippen LogP contribution in [0.25, 0.3) is 21.7 Å². The second-order valence-corrected chi connectivity index (χ2v) is 4.82. The highest BCUT2D eigenvalue weighted by Gasteiger charge is 2.07. The monoisotopic (exact) mass is 257 g/mol. The van der Waals surface area contributed by atoms with Gasteiger partial charge in [0.05, 0.1) is 17.7 Å². The van der Waals surface area contributed by atoms with Crippen molar-refractivity contribution >= 4 is 11.3 Å². The Hall–Kier alpha value is -1.98. The van der Waals surface area contributed by atoms with Gasteiger partial charge >= 0.3 is 0 Å². The fourth-order valence-corrected chi connectivity index (χ4v) is 2.66. The molecule has 0 aliphatic rings. The van der Waals surface area contributed by atoms with Gasteiger partial charge in [0.1, 0.15) is 5.69 Å². The van der Waals surface area contributed by atoms with E-state index in [1.54, 1.807) is 17.5 Å². The van der Waals surface area contributed by atoms with Crippen LogP contribution in [0, 0.1) is 0 Å². The zero-order chi connectivity index (χ0) is 12.4. The molecule has 90 valence electrons. The van der Waals surface area contributed by atoms with Gasteiger partial charge in [0, 0.05) is 0 Å². The fourth-order valence-electron chi connectivity index (χ4n) is 1.79. The van der Waals surface area contributed by atoms with Gasteiger partial charge in [-0.1, -0.05) is 18.2 Å². The van der Waals surface area contributed by atoms with Gasteiger partial charge in [-0.15, -0.1) is 11.3 Å². The van der Waals surface area contributed by atoms with E-state index in [0.29, 0.717) is 0 Å². The summed E-state index contributed by atoms with van der Waals surface area (Å²) >= 11 is 1.63. The molecular weight excluding hydrogens is 246 g/mol. The zero-order valence-corrected chi connectivity index (χ0v) is 10.3. The molecule has 3 aromatic rings. The topological polar surface area (TPSA) is 61.8 Å². The minimum Gasteiger partial charge on any atom is -0.392 e. The van der Waals surface area contributed by atoms with Crippen molar-refractivity contribution in [3.05, 3.63) is 47.5 Å². The second kappa shape index (κ2) is 4.72. The minimum absolute atomic E-state index is 0.0636. The molecular formula is C13H11N3OS. The summed E-state index contributed by atoms with van der Waals surface area (Å²) in [6.07, 6.45) is 1.71. The number of hydrogen-bond acceptors (Lipinski definition) is 4. The maximum atomic E-state index is 9.14. The Kier molecular flexibility index (Phi) is 2.92. The summed E-state index contributed by atoms with van der Waals surface area (Å²) in [7, 11) is 0. The standard InChI is InChI=1S/C13H11N3OS/c17-7-9-2-1-3-10(4-9)11-5-13(18-8-11)12-6-14-16-15-12/h1-6,8,17H,7H2,(H,14,15,16). The highest BCUT2D eigenvalue weighted by atomic mass is 32.1. The molecule has 1 aromatic carbocycles. The van der Waals surface area contributed by atoms with E-state index in [4.69, 9.17) is 5.11 Å². The Morgan fingerprint density at radius 2 is 2.17 bits per heavy atom. The van der Waals surface area contributed by atoms with Crippen molar-refractivity contribution in [3.63, 3.8) is 0 Å². The molecule has 18 heavy (non-hydrogen) atoms. The van der Waals surface area contributed by atoms with E-state index in [1.807, 2.05) is 24.3 Å². The summed E-state index contributed by atoms with van der Waals surface area (Å²) in [5, 5.41) is 21.7. The van der Waals surface area contributed by atoms with Gasteiger partial charge in [-0.05, 0) is 34.2 Å². The van der Waals surface area contributed by atoms with E-state index in [1.165, 1.54) is 0 Å². The van der Waals surface area contributed by atoms with Crippen LogP contribution >= 0.6 is 11.3 Å². The molecule has 4 nitrogen and oxygen atoms in total. The summed E-state index contributed by atoms with van der Waals surface area (Å²) in [6, 6.07) is 9.98. The van der Waals surface area contributed by atoms with Crippen LogP contribution in [0.5, 0.6) is 0 Å². The lowest BCUT2D eigenvalue weighted by Gasteiger charge is -2.00. The zero-order valence-electron chi connectivity index (χ0n) is 9.50. The van der Waals surface area contributed by atoms with E-state index < -0.39 is 0 Å². The lowest BCUT2D eigenvalue weighted by molar-refractivity contribution is 0.282. The number of aliphatic hydroxyl groups excluding tert-OH is 1. The SMILES string of the molecule is OCc1cccc(-c2csc(-c3cn[nH]n3)c2)c1. The highest BCUT2D eigenvalue weighted by molar-refractivity contribution is 7.14. The third-order valence-electron chi connectivity index (χ3n) is 2.71. The second-order valence-electron chi connectivity index (χ2n) is 3.91. The molecule has 2 N–H and O–H groups in total. The molecule has 0 bridgehead atoms. The first kappa shape index (κ1) is 11.1. The van der Waals surface area contributed by atoms with Crippen molar-refractivity contribution in [2.45, 2.75) is 6.61 Å². The maximum Gasteiger partial charge on any atom is 0.122 e. The van der Waals surface area contributed by atoms with Gasteiger partial charge in [-0.3, -0.25) is 0 Å². The molecule has 2 aromatic heterocycles. The van der Waals surface area contributed by atoms with Crippen LogP contribution in [0.15, 0.2) is 41.9 Å². The molecule has 0 atom stereocenters. The number of benzene rings is 1. The summed E-state index contributed by atoms with van der Waals surface area (Å²) in [4.78, 5) is 1.08. The van der Waals surface area contributed by atoms with Crippen LogP contribution in [0.3, 0.4) is 0 Å². The number of H-pyrrole nitrogens is 1. The molecule has 0 amide bonds. The molecule has 2 heterocycles. The Labute approximate surface area is 108 Å². The average Bonchev–Trinajstić information content (AvgIpc) is 3.09. The summed E-state index contributed by atoms with van der Waals surface area (Å²) in [5.41, 5.74) is 4.01. The molecule has 5 heteroatoms. The smallest absolute Gasteiger partial charge is 0.122 e. The maximum absolute atomic E-state index is 9.14. The van der Waals surface area contributed by atoms with Crippen LogP contribution in [-0.2, 0) is 6.61 Å². The molecule has 0 saturated heterocycles. The number of hydrogen-bond donors (Lipinski definition) is 2. The van der Waals surface area contributed by atoms with Crippen molar-refractivity contribution in [1.29, 1.82) is 0 Å². The molecule has 0 radical (unpaired) electrons. The molecule has 0 fully saturated rings. The summed E-state index contributed by atoms with van der Waals surface area (Å²) in [5.74, 6) is 0. The van der Waals surface area contributed by atoms with Crippen LogP contribution in [0.2, 0.25) is 0 Å². The third-order valence-corrected chi connectivity index (χ3v) is 3.66. The molecule has 0 aliphatic carbocycles. The number of aliphatic hydroxyl groups is 1. The van der Waals surface area contributed by atoms with Gasteiger partial charge in [0.2, 0.25) is 0 Å². The van der Waals surface area contributed by atoms with Gasteiger partial charge in [-0.2, -0.15) is 15.4 Å². The number of rotatable bonds is 3. The van der Waals surface area contributed by atoms with E-state index in [9.17, 15) is 0 Å².